The first-order valence-electron chi connectivity index (χ1n) is 12.6. The highest BCUT2D eigenvalue weighted by Crippen LogP contribution is 2.44. The number of hydrogen-bond acceptors (Lipinski definition) is 5. The summed E-state index contributed by atoms with van der Waals surface area (Å²) < 4.78 is 12.6. The van der Waals surface area contributed by atoms with Gasteiger partial charge in [0, 0.05) is 23.9 Å². The second kappa shape index (κ2) is 10.2. The number of benzene rings is 3. The van der Waals surface area contributed by atoms with Crippen molar-refractivity contribution in [2.24, 2.45) is 0 Å². The summed E-state index contributed by atoms with van der Waals surface area (Å²) in [5, 5.41) is 3.48. The third-order valence-electron chi connectivity index (χ3n) is 6.64. The van der Waals surface area contributed by atoms with Crippen LogP contribution in [0, 0.1) is 0 Å². The van der Waals surface area contributed by atoms with Crippen molar-refractivity contribution in [3.8, 4) is 11.1 Å². The van der Waals surface area contributed by atoms with Crippen molar-refractivity contribution in [3.63, 3.8) is 0 Å². The molecule has 0 saturated carbocycles. The zero-order valence-corrected chi connectivity index (χ0v) is 21.6. The number of aldehydes is 1. The van der Waals surface area contributed by atoms with E-state index in [9.17, 15) is 14.4 Å². The summed E-state index contributed by atoms with van der Waals surface area (Å²) in [4.78, 5) is 37.5. The highest BCUT2D eigenvalue weighted by atomic mass is 16.6. The molecule has 3 aromatic carbocycles. The Labute approximate surface area is 221 Å². The van der Waals surface area contributed by atoms with Crippen LogP contribution in [-0.4, -0.2) is 41.3 Å². The molecule has 0 aliphatic heterocycles. The van der Waals surface area contributed by atoms with E-state index < -0.39 is 23.8 Å². The fourth-order valence-electron chi connectivity index (χ4n) is 5.04. The second-order valence-electron chi connectivity index (χ2n) is 10.4. The van der Waals surface area contributed by atoms with Gasteiger partial charge in [0.05, 0.1) is 11.6 Å². The summed E-state index contributed by atoms with van der Waals surface area (Å²) in [6, 6.07) is 22.8. The number of alkyl carbamates (subject to hydrolysis) is 1. The van der Waals surface area contributed by atoms with Crippen molar-refractivity contribution in [1.82, 2.24) is 9.88 Å². The summed E-state index contributed by atoms with van der Waals surface area (Å²) in [6.07, 6.45) is 1.37. The number of ether oxygens (including phenoxy) is 2. The Morgan fingerprint density at radius 3 is 2.18 bits per heavy atom. The van der Waals surface area contributed by atoms with Crippen molar-refractivity contribution >= 4 is 29.4 Å². The molecule has 194 valence electrons. The summed E-state index contributed by atoms with van der Waals surface area (Å²) in [7, 11) is 0. The van der Waals surface area contributed by atoms with E-state index in [1.54, 1.807) is 27.0 Å². The molecule has 0 radical (unpaired) electrons. The van der Waals surface area contributed by atoms with Crippen LogP contribution in [0.3, 0.4) is 0 Å². The number of nitrogens with one attached hydrogen (secondary N) is 1. The van der Waals surface area contributed by atoms with Gasteiger partial charge >= 0.3 is 12.2 Å². The van der Waals surface area contributed by atoms with Crippen LogP contribution in [0.5, 0.6) is 0 Å². The van der Waals surface area contributed by atoms with E-state index in [-0.39, 0.29) is 18.9 Å². The van der Waals surface area contributed by atoms with Crippen LogP contribution < -0.4 is 5.32 Å². The van der Waals surface area contributed by atoms with Crippen molar-refractivity contribution in [2.75, 3.05) is 6.61 Å². The predicted octanol–water partition coefficient (Wildman–Crippen LogP) is 6.07. The number of carbonyl (C=O) groups excluding carboxylic acids is 3. The number of fused-ring (bicyclic) bond motifs is 4. The number of hydrogen-bond donors (Lipinski definition) is 1. The number of para-hydroxylation sites is 1. The summed E-state index contributed by atoms with van der Waals surface area (Å²) >= 11 is 0. The summed E-state index contributed by atoms with van der Waals surface area (Å²) in [5.41, 5.74) is 5.27. The summed E-state index contributed by atoms with van der Waals surface area (Å²) in [6.45, 7) is 5.57. The molecule has 0 unspecified atom stereocenters. The Kier molecular flexibility index (Phi) is 6.76. The highest BCUT2D eigenvalue weighted by Gasteiger charge is 2.29. The van der Waals surface area contributed by atoms with Crippen molar-refractivity contribution < 1.29 is 23.9 Å². The van der Waals surface area contributed by atoms with E-state index in [2.05, 4.69) is 29.6 Å². The van der Waals surface area contributed by atoms with E-state index in [0.717, 1.165) is 33.2 Å². The number of nitrogens with zero attached hydrogens (tertiary/aromatic N) is 1. The molecule has 4 aromatic rings. The molecule has 0 bridgehead atoms. The largest absolute Gasteiger partial charge is 0.449 e. The van der Waals surface area contributed by atoms with Gasteiger partial charge in [-0.3, -0.25) is 4.57 Å². The molecule has 7 nitrogen and oxygen atoms in total. The standard InChI is InChI=1S/C31H30N2O5/c1-31(2,3)38-30(36)33-17-20(22-10-8-9-15-28(22)33)16-21(18-34)32-29(35)37-19-27-25-13-6-4-11-23(25)24-12-5-7-14-26(24)27/h4-15,17-18,21,27H,16,19H2,1-3H3,(H,32,35)/t21-/m0/s1. The molecule has 0 spiro atoms. The van der Waals surface area contributed by atoms with Crippen molar-refractivity contribution in [1.29, 1.82) is 0 Å². The Morgan fingerprint density at radius 1 is 0.947 bits per heavy atom. The minimum Gasteiger partial charge on any atom is -0.449 e. The monoisotopic (exact) mass is 510 g/mol. The number of rotatable bonds is 6. The lowest BCUT2D eigenvalue weighted by atomic mass is 9.98. The van der Waals surface area contributed by atoms with Gasteiger partial charge in [-0.25, -0.2) is 9.59 Å². The molecule has 1 N–H and O–H groups in total. The van der Waals surface area contributed by atoms with E-state index >= 15 is 0 Å². The molecule has 1 aromatic heterocycles. The van der Waals surface area contributed by atoms with E-state index in [1.807, 2.05) is 48.5 Å². The van der Waals surface area contributed by atoms with Crippen LogP contribution in [0.2, 0.25) is 0 Å². The number of carbonyl (C=O) groups is 3. The first-order valence-corrected chi connectivity index (χ1v) is 12.6. The first kappa shape index (κ1) is 25.3. The Bertz CT molecular complexity index is 1470. The maximum atomic E-state index is 12.8. The molecule has 1 aliphatic rings. The van der Waals surface area contributed by atoms with Crippen LogP contribution in [0.4, 0.5) is 9.59 Å². The van der Waals surface area contributed by atoms with Gasteiger partial charge in [-0.1, -0.05) is 66.7 Å². The Balaban J connectivity index is 1.28. The van der Waals surface area contributed by atoms with Crippen LogP contribution in [0.1, 0.15) is 43.4 Å². The van der Waals surface area contributed by atoms with Crippen LogP contribution in [0.15, 0.2) is 79.0 Å². The van der Waals surface area contributed by atoms with Gasteiger partial charge in [-0.05, 0) is 54.7 Å². The fourth-order valence-corrected chi connectivity index (χ4v) is 5.04. The number of amides is 1. The van der Waals surface area contributed by atoms with Gasteiger partial charge in [-0.2, -0.15) is 0 Å². The Morgan fingerprint density at radius 2 is 1.55 bits per heavy atom. The molecule has 0 fully saturated rings. The van der Waals surface area contributed by atoms with Gasteiger partial charge in [0.2, 0.25) is 0 Å². The molecular formula is C31H30N2O5. The molecule has 1 atom stereocenters. The molecule has 1 aliphatic carbocycles. The molecule has 7 heteroatoms. The lowest BCUT2D eigenvalue weighted by Gasteiger charge is -2.19. The molecule has 38 heavy (non-hydrogen) atoms. The smallest absolute Gasteiger partial charge is 0.419 e. The van der Waals surface area contributed by atoms with Gasteiger partial charge in [-0.15, -0.1) is 0 Å². The normalized spacial score (nSPS) is 13.4. The SMILES string of the molecule is CC(C)(C)OC(=O)n1cc(C[C@@H](C=O)NC(=O)OCC2c3ccccc3-c3ccccc32)c2ccccc21. The molecule has 1 amide bonds. The summed E-state index contributed by atoms with van der Waals surface area (Å²) in [5.74, 6) is -0.0744. The van der Waals surface area contributed by atoms with Gasteiger partial charge in [0.15, 0.2) is 0 Å². The minimum atomic E-state index is -0.830. The number of aromatic nitrogens is 1. The lowest BCUT2D eigenvalue weighted by Crippen LogP contribution is -2.38. The highest BCUT2D eigenvalue weighted by molar-refractivity contribution is 5.92. The fraction of sp³-hybridized carbons (Fsp3) is 0.258. The Hall–Kier alpha value is -4.39. The van der Waals surface area contributed by atoms with Crippen LogP contribution in [-0.2, 0) is 20.7 Å². The molecule has 1 heterocycles. The molecular weight excluding hydrogens is 480 g/mol. The second-order valence-corrected chi connectivity index (χ2v) is 10.4. The zero-order valence-electron chi connectivity index (χ0n) is 21.6. The van der Waals surface area contributed by atoms with E-state index in [1.165, 1.54) is 4.57 Å². The molecule has 5 rings (SSSR count). The topological polar surface area (TPSA) is 86.6 Å². The third-order valence-corrected chi connectivity index (χ3v) is 6.64. The lowest BCUT2D eigenvalue weighted by molar-refractivity contribution is -0.109. The van der Waals surface area contributed by atoms with Gasteiger partial charge in [0.25, 0.3) is 0 Å². The first-order chi connectivity index (χ1) is 18.2. The van der Waals surface area contributed by atoms with E-state index in [0.29, 0.717) is 11.8 Å². The average molecular weight is 511 g/mol. The quantitative estimate of drug-likeness (QED) is 0.318. The van der Waals surface area contributed by atoms with Crippen LogP contribution in [0.25, 0.3) is 22.0 Å². The zero-order chi connectivity index (χ0) is 26.9. The van der Waals surface area contributed by atoms with Crippen molar-refractivity contribution in [3.05, 3.63) is 95.7 Å². The maximum absolute atomic E-state index is 12.8. The predicted molar refractivity (Wildman–Crippen MR) is 145 cm³/mol. The van der Waals surface area contributed by atoms with Gasteiger partial charge < -0.3 is 19.6 Å². The maximum Gasteiger partial charge on any atom is 0.419 e. The molecule has 0 saturated heterocycles. The van der Waals surface area contributed by atoms with Crippen molar-refractivity contribution in [2.45, 2.75) is 44.8 Å². The van der Waals surface area contributed by atoms with Gasteiger partial charge in [0.1, 0.15) is 18.5 Å². The van der Waals surface area contributed by atoms with Crippen LogP contribution >= 0.6 is 0 Å². The van der Waals surface area contributed by atoms with E-state index in [4.69, 9.17) is 9.47 Å². The minimum absolute atomic E-state index is 0.0744. The third kappa shape index (κ3) is 5.05. The average Bonchev–Trinajstić information content (AvgIpc) is 3.42.